The first-order valence-corrected chi connectivity index (χ1v) is 8.59. The van der Waals surface area contributed by atoms with Crippen LogP contribution in [-0.4, -0.2) is 23.5 Å². The summed E-state index contributed by atoms with van der Waals surface area (Å²) in [5.74, 6) is 1.55. The maximum Gasteiger partial charge on any atom is 0.191 e. The molecule has 0 saturated heterocycles. The molecule has 0 amide bonds. The summed E-state index contributed by atoms with van der Waals surface area (Å²) in [5.41, 5.74) is 1.11. The second-order valence-electron chi connectivity index (χ2n) is 4.89. The van der Waals surface area contributed by atoms with E-state index in [1.54, 1.807) is 19.6 Å². The molecule has 23 heavy (non-hydrogen) atoms. The minimum Gasteiger partial charge on any atom is -0.467 e. The van der Waals surface area contributed by atoms with E-state index in [4.69, 9.17) is 4.42 Å². The smallest absolute Gasteiger partial charge is 0.191 e. The number of benzene rings is 1. The monoisotopic (exact) mass is 447 g/mol. The van der Waals surface area contributed by atoms with Gasteiger partial charge in [0.1, 0.15) is 5.76 Å². The molecule has 1 heterocycles. The molecular formula is C16H22IN3O2S. The molecule has 7 heteroatoms. The van der Waals surface area contributed by atoms with E-state index < -0.39 is 10.8 Å². The van der Waals surface area contributed by atoms with Crippen LogP contribution in [0.1, 0.15) is 24.3 Å². The molecule has 2 N–H and O–H groups in total. The Morgan fingerprint density at radius 3 is 2.52 bits per heavy atom. The molecule has 0 bridgehead atoms. The molecule has 2 aromatic rings. The third-order valence-corrected chi connectivity index (χ3v) is 4.24. The van der Waals surface area contributed by atoms with Crippen molar-refractivity contribution in [2.45, 2.75) is 24.4 Å². The average molecular weight is 447 g/mol. The molecule has 2 rings (SSSR count). The van der Waals surface area contributed by atoms with Crippen LogP contribution in [0.15, 0.2) is 57.0 Å². The Morgan fingerprint density at radius 1 is 1.30 bits per heavy atom. The highest BCUT2D eigenvalue weighted by molar-refractivity contribution is 14.0. The van der Waals surface area contributed by atoms with Gasteiger partial charge in [-0.2, -0.15) is 0 Å². The Hall–Kier alpha value is -1.35. The number of furan rings is 1. The summed E-state index contributed by atoms with van der Waals surface area (Å²) in [6.07, 6.45) is 3.33. The third-order valence-electron chi connectivity index (χ3n) is 3.30. The van der Waals surface area contributed by atoms with Crippen molar-refractivity contribution in [3.63, 3.8) is 0 Å². The highest BCUT2D eigenvalue weighted by atomic mass is 127. The first-order valence-electron chi connectivity index (χ1n) is 7.03. The topological polar surface area (TPSA) is 66.6 Å². The second-order valence-corrected chi connectivity index (χ2v) is 6.27. The number of nitrogens with one attached hydrogen (secondary N) is 2. The fourth-order valence-electron chi connectivity index (χ4n) is 2.02. The highest BCUT2D eigenvalue weighted by Crippen LogP contribution is 2.14. The molecule has 0 radical (unpaired) electrons. The molecule has 0 fully saturated rings. The zero-order chi connectivity index (χ0) is 15.9. The Morgan fingerprint density at radius 2 is 2.00 bits per heavy atom. The maximum absolute atomic E-state index is 11.4. The van der Waals surface area contributed by atoms with Gasteiger partial charge in [-0.25, -0.2) is 0 Å². The van der Waals surface area contributed by atoms with Crippen LogP contribution in [0.4, 0.5) is 0 Å². The van der Waals surface area contributed by atoms with E-state index in [9.17, 15) is 4.21 Å². The summed E-state index contributed by atoms with van der Waals surface area (Å²) in [5, 5.41) is 6.51. The van der Waals surface area contributed by atoms with Gasteiger partial charge in [0.2, 0.25) is 0 Å². The van der Waals surface area contributed by atoms with Crippen LogP contribution in [0.5, 0.6) is 0 Å². The van der Waals surface area contributed by atoms with Gasteiger partial charge in [-0.05, 0) is 36.8 Å². The van der Waals surface area contributed by atoms with Crippen LogP contribution in [0.25, 0.3) is 0 Å². The summed E-state index contributed by atoms with van der Waals surface area (Å²) < 4.78 is 16.7. The molecular weight excluding hydrogens is 425 g/mol. The predicted molar refractivity (Wildman–Crippen MR) is 105 cm³/mol. The largest absolute Gasteiger partial charge is 0.467 e. The van der Waals surface area contributed by atoms with E-state index in [-0.39, 0.29) is 30.0 Å². The molecule has 2 atom stereocenters. The van der Waals surface area contributed by atoms with E-state index in [0.717, 1.165) is 16.2 Å². The van der Waals surface area contributed by atoms with E-state index >= 15 is 0 Å². The minimum absolute atomic E-state index is 0. The quantitative estimate of drug-likeness (QED) is 0.420. The molecule has 0 spiro atoms. The summed E-state index contributed by atoms with van der Waals surface area (Å²) in [7, 11) is 0.780. The van der Waals surface area contributed by atoms with Crippen LogP contribution < -0.4 is 10.6 Å². The molecule has 126 valence electrons. The Balaban J connectivity index is 0.00000264. The zero-order valence-electron chi connectivity index (χ0n) is 13.4. The van der Waals surface area contributed by atoms with E-state index in [2.05, 4.69) is 22.5 Å². The van der Waals surface area contributed by atoms with Crippen LogP contribution in [-0.2, 0) is 17.3 Å². The number of hydrogen-bond acceptors (Lipinski definition) is 3. The molecule has 0 aliphatic heterocycles. The molecule has 2 unspecified atom stereocenters. The summed E-state index contributed by atoms with van der Waals surface area (Å²) >= 11 is 0. The number of halogens is 1. The fourth-order valence-corrected chi connectivity index (χ4v) is 2.53. The molecule has 0 aliphatic carbocycles. The van der Waals surface area contributed by atoms with Crippen LogP contribution in [0.3, 0.4) is 0 Å². The van der Waals surface area contributed by atoms with E-state index in [1.165, 1.54) is 0 Å². The first-order chi connectivity index (χ1) is 10.6. The average Bonchev–Trinajstić information content (AvgIpc) is 3.04. The normalized spacial score (nSPS) is 13.8. The Bertz CT molecular complexity index is 642. The Kier molecular flexibility index (Phi) is 8.32. The van der Waals surface area contributed by atoms with Gasteiger partial charge in [-0.15, -0.1) is 24.0 Å². The fraction of sp³-hybridized carbons (Fsp3) is 0.312. The summed E-state index contributed by atoms with van der Waals surface area (Å²) in [6, 6.07) is 11.6. The van der Waals surface area contributed by atoms with E-state index in [0.29, 0.717) is 12.5 Å². The van der Waals surface area contributed by atoms with Crippen LogP contribution in [0, 0.1) is 0 Å². The lowest BCUT2D eigenvalue weighted by atomic mass is 10.1. The van der Waals surface area contributed by atoms with Gasteiger partial charge < -0.3 is 15.1 Å². The van der Waals surface area contributed by atoms with Crippen molar-refractivity contribution in [1.29, 1.82) is 0 Å². The molecule has 0 saturated carbocycles. The lowest BCUT2D eigenvalue weighted by Gasteiger charge is -2.18. The third kappa shape index (κ3) is 5.98. The SMILES string of the molecule is CN=C(NCc1ccco1)NC(C)c1ccc(S(C)=O)cc1.I. The number of rotatable bonds is 5. The van der Waals surface area contributed by atoms with Crippen molar-refractivity contribution in [1.82, 2.24) is 10.6 Å². The van der Waals surface area contributed by atoms with Crippen LogP contribution >= 0.6 is 24.0 Å². The first kappa shape index (κ1) is 19.7. The predicted octanol–water partition coefficient (Wildman–Crippen LogP) is 3.06. The van der Waals surface area contributed by atoms with Gasteiger partial charge in [0.15, 0.2) is 5.96 Å². The van der Waals surface area contributed by atoms with Crippen molar-refractivity contribution >= 4 is 40.7 Å². The van der Waals surface area contributed by atoms with Crippen molar-refractivity contribution in [2.24, 2.45) is 4.99 Å². The van der Waals surface area contributed by atoms with E-state index in [1.807, 2.05) is 36.4 Å². The minimum atomic E-state index is -0.950. The van der Waals surface area contributed by atoms with Crippen molar-refractivity contribution in [2.75, 3.05) is 13.3 Å². The van der Waals surface area contributed by atoms with Gasteiger partial charge in [0.25, 0.3) is 0 Å². The van der Waals surface area contributed by atoms with Crippen molar-refractivity contribution < 1.29 is 8.63 Å². The van der Waals surface area contributed by atoms with Gasteiger partial charge in [-0.1, -0.05) is 12.1 Å². The molecule has 0 aliphatic rings. The molecule has 1 aromatic heterocycles. The van der Waals surface area contributed by atoms with Crippen LogP contribution in [0.2, 0.25) is 0 Å². The maximum atomic E-state index is 11.4. The number of nitrogens with zero attached hydrogens (tertiary/aromatic N) is 1. The number of hydrogen-bond donors (Lipinski definition) is 2. The second kappa shape index (κ2) is 9.71. The zero-order valence-corrected chi connectivity index (χ0v) is 16.6. The molecule has 1 aromatic carbocycles. The van der Waals surface area contributed by atoms with Gasteiger partial charge in [0, 0.05) is 29.0 Å². The van der Waals surface area contributed by atoms with Gasteiger partial charge >= 0.3 is 0 Å². The summed E-state index contributed by atoms with van der Waals surface area (Å²) in [4.78, 5) is 5.03. The van der Waals surface area contributed by atoms with Crippen molar-refractivity contribution in [3.8, 4) is 0 Å². The Labute approximate surface area is 156 Å². The van der Waals surface area contributed by atoms with Gasteiger partial charge in [-0.3, -0.25) is 9.20 Å². The lowest BCUT2D eigenvalue weighted by Crippen LogP contribution is -2.38. The standard InChI is InChI=1S/C16H21N3O2S.HI/c1-12(13-6-8-15(9-7-13)22(3)20)19-16(17-2)18-11-14-5-4-10-21-14;/h4-10,12H,11H2,1-3H3,(H2,17,18,19);1H. The summed E-state index contributed by atoms with van der Waals surface area (Å²) in [6.45, 7) is 2.63. The van der Waals surface area contributed by atoms with Crippen molar-refractivity contribution in [3.05, 3.63) is 54.0 Å². The highest BCUT2D eigenvalue weighted by Gasteiger charge is 2.08. The lowest BCUT2D eigenvalue weighted by molar-refractivity contribution is 0.500. The number of aliphatic imine (C=N–C) groups is 1. The van der Waals surface area contributed by atoms with Gasteiger partial charge in [0.05, 0.1) is 18.8 Å². The number of guanidine groups is 1. The molecule has 5 nitrogen and oxygen atoms in total.